The monoisotopic (exact) mass is 264 g/mol. The molecule has 106 valence electrons. The fraction of sp³-hybridized carbons (Fsp3) is 0.647. The van der Waals surface area contributed by atoms with Crippen LogP contribution in [0, 0.1) is 24.6 Å². The van der Waals surface area contributed by atoms with Gasteiger partial charge in [-0.25, -0.2) is 4.39 Å². The van der Waals surface area contributed by atoms with Crippen LogP contribution in [-0.2, 0) is 5.60 Å². The fourth-order valence-electron chi connectivity index (χ4n) is 3.43. The average Bonchev–Trinajstić information content (AvgIpc) is 2.31. The highest BCUT2D eigenvalue weighted by Crippen LogP contribution is 2.42. The molecule has 1 saturated carbocycles. The highest BCUT2D eigenvalue weighted by molar-refractivity contribution is 5.29. The summed E-state index contributed by atoms with van der Waals surface area (Å²) in [6.07, 6.45) is 5.05. The lowest BCUT2D eigenvalue weighted by molar-refractivity contribution is -0.0245. The van der Waals surface area contributed by atoms with E-state index in [1.807, 2.05) is 6.07 Å². The molecule has 2 heteroatoms. The Morgan fingerprint density at radius 3 is 2.79 bits per heavy atom. The van der Waals surface area contributed by atoms with Crippen LogP contribution in [0.3, 0.4) is 0 Å². The van der Waals surface area contributed by atoms with Gasteiger partial charge >= 0.3 is 0 Å². The van der Waals surface area contributed by atoms with Crippen molar-refractivity contribution < 1.29 is 9.50 Å². The predicted octanol–water partition coefficient (Wildman–Crippen LogP) is 4.56. The van der Waals surface area contributed by atoms with Gasteiger partial charge in [0.15, 0.2) is 0 Å². The molecule has 0 amide bonds. The van der Waals surface area contributed by atoms with Crippen molar-refractivity contribution in [1.82, 2.24) is 0 Å². The van der Waals surface area contributed by atoms with Gasteiger partial charge in [-0.15, -0.1) is 0 Å². The molecule has 1 fully saturated rings. The number of rotatable bonds is 3. The Kier molecular flexibility index (Phi) is 4.29. The molecule has 0 spiro atoms. The molecule has 0 heterocycles. The lowest BCUT2D eigenvalue weighted by atomic mass is 9.72. The second kappa shape index (κ2) is 5.62. The zero-order valence-corrected chi connectivity index (χ0v) is 12.2. The number of benzene rings is 1. The van der Waals surface area contributed by atoms with E-state index in [-0.39, 0.29) is 5.82 Å². The number of aryl methyl sites for hydroxylation is 1. The molecule has 1 aromatic carbocycles. The molecule has 2 atom stereocenters. The highest BCUT2D eigenvalue weighted by Gasteiger charge is 2.36. The van der Waals surface area contributed by atoms with Crippen LogP contribution >= 0.6 is 0 Å². The fourth-order valence-corrected chi connectivity index (χ4v) is 3.43. The Morgan fingerprint density at radius 2 is 2.16 bits per heavy atom. The Balaban J connectivity index is 2.18. The lowest BCUT2D eigenvalue weighted by Gasteiger charge is -2.38. The SMILES string of the molecule is Cc1cc(C2(O)CCCC(CC(C)C)C2)ccc1F. The van der Waals surface area contributed by atoms with Crippen LogP contribution in [0.15, 0.2) is 18.2 Å². The summed E-state index contributed by atoms with van der Waals surface area (Å²) < 4.78 is 13.4. The van der Waals surface area contributed by atoms with Gasteiger partial charge in [-0.1, -0.05) is 32.4 Å². The molecule has 1 aliphatic carbocycles. The summed E-state index contributed by atoms with van der Waals surface area (Å²) in [6.45, 7) is 6.22. The number of hydrogen-bond acceptors (Lipinski definition) is 1. The van der Waals surface area contributed by atoms with Gasteiger partial charge in [0, 0.05) is 0 Å². The van der Waals surface area contributed by atoms with Crippen molar-refractivity contribution in [2.75, 3.05) is 0 Å². The maximum Gasteiger partial charge on any atom is 0.126 e. The molecule has 1 aliphatic rings. The molecule has 1 aromatic rings. The molecular weight excluding hydrogens is 239 g/mol. The molecule has 0 radical (unpaired) electrons. The topological polar surface area (TPSA) is 20.2 Å². The highest BCUT2D eigenvalue weighted by atomic mass is 19.1. The summed E-state index contributed by atoms with van der Waals surface area (Å²) in [5, 5.41) is 10.9. The lowest BCUT2D eigenvalue weighted by Crippen LogP contribution is -2.33. The van der Waals surface area contributed by atoms with Crippen molar-refractivity contribution in [3.63, 3.8) is 0 Å². The van der Waals surface area contributed by atoms with E-state index < -0.39 is 5.60 Å². The molecule has 1 nitrogen and oxygen atoms in total. The average molecular weight is 264 g/mol. The minimum atomic E-state index is -0.754. The molecule has 0 saturated heterocycles. The van der Waals surface area contributed by atoms with E-state index in [4.69, 9.17) is 0 Å². The third-order valence-corrected chi connectivity index (χ3v) is 4.33. The first kappa shape index (κ1) is 14.5. The molecule has 0 aromatic heterocycles. The summed E-state index contributed by atoms with van der Waals surface area (Å²) in [7, 11) is 0. The molecule has 1 N–H and O–H groups in total. The number of halogens is 1. The zero-order chi connectivity index (χ0) is 14.0. The molecule has 2 unspecified atom stereocenters. The maximum absolute atomic E-state index is 13.4. The first-order chi connectivity index (χ1) is 8.90. The summed E-state index contributed by atoms with van der Waals surface area (Å²) in [5.41, 5.74) is 0.757. The van der Waals surface area contributed by atoms with E-state index in [1.165, 1.54) is 18.9 Å². The van der Waals surface area contributed by atoms with Crippen molar-refractivity contribution in [3.8, 4) is 0 Å². The third-order valence-electron chi connectivity index (χ3n) is 4.33. The Hall–Kier alpha value is -0.890. The molecule has 0 aliphatic heterocycles. The van der Waals surface area contributed by atoms with Crippen LogP contribution in [0.4, 0.5) is 4.39 Å². The predicted molar refractivity (Wildman–Crippen MR) is 76.4 cm³/mol. The van der Waals surface area contributed by atoms with Crippen LogP contribution in [-0.4, -0.2) is 5.11 Å². The zero-order valence-electron chi connectivity index (χ0n) is 12.2. The first-order valence-corrected chi connectivity index (χ1v) is 7.40. The summed E-state index contributed by atoms with van der Waals surface area (Å²) in [6, 6.07) is 5.04. The van der Waals surface area contributed by atoms with Crippen molar-refractivity contribution in [2.24, 2.45) is 11.8 Å². The number of hydrogen-bond donors (Lipinski definition) is 1. The van der Waals surface area contributed by atoms with Crippen LogP contribution < -0.4 is 0 Å². The van der Waals surface area contributed by atoms with Crippen molar-refractivity contribution in [2.45, 2.75) is 58.5 Å². The number of aliphatic hydroxyl groups is 1. The third kappa shape index (κ3) is 3.36. The Labute approximate surface area is 115 Å². The van der Waals surface area contributed by atoms with Crippen LogP contribution in [0.2, 0.25) is 0 Å². The van der Waals surface area contributed by atoms with Gasteiger partial charge in [0.05, 0.1) is 5.60 Å². The van der Waals surface area contributed by atoms with Crippen LogP contribution in [0.1, 0.15) is 57.1 Å². The minimum Gasteiger partial charge on any atom is -0.385 e. The Bertz CT molecular complexity index is 441. The van der Waals surface area contributed by atoms with E-state index in [0.29, 0.717) is 17.4 Å². The molecule has 0 bridgehead atoms. The summed E-state index contributed by atoms with van der Waals surface area (Å²) in [4.78, 5) is 0. The van der Waals surface area contributed by atoms with Gasteiger partial charge in [0.2, 0.25) is 0 Å². The van der Waals surface area contributed by atoms with E-state index in [2.05, 4.69) is 13.8 Å². The summed E-state index contributed by atoms with van der Waals surface area (Å²) >= 11 is 0. The van der Waals surface area contributed by atoms with Crippen molar-refractivity contribution >= 4 is 0 Å². The smallest absolute Gasteiger partial charge is 0.126 e. The minimum absolute atomic E-state index is 0.193. The van der Waals surface area contributed by atoms with Gasteiger partial charge in [-0.3, -0.25) is 0 Å². The van der Waals surface area contributed by atoms with Gasteiger partial charge in [-0.2, -0.15) is 0 Å². The van der Waals surface area contributed by atoms with Gasteiger partial charge in [0.25, 0.3) is 0 Å². The molecule has 19 heavy (non-hydrogen) atoms. The van der Waals surface area contributed by atoms with E-state index >= 15 is 0 Å². The quantitative estimate of drug-likeness (QED) is 0.848. The second-order valence-electron chi connectivity index (χ2n) is 6.59. The largest absolute Gasteiger partial charge is 0.385 e. The summed E-state index contributed by atoms with van der Waals surface area (Å²) in [5.74, 6) is 1.06. The van der Waals surface area contributed by atoms with Gasteiger partial charge in [0.1, 0.15) is 5.82 Å². The van der Waals surface area contributed by atoms with Crippen LogP contribution in [0.5, 0.6) is 0 Å². The van der Waals surface area contributed by atoms with Crippen molar-refractivity contribution in [3.05, 3.63) is 35.1 Å². The molecular formula is C17H25FO. The maximum atomic E-state index is 13.4. The second-order valence-corrected chi connectivity index (χ2v) is 6.59. The van der Waals surface area contributed by atoms with E-state index in [0.717, 1.165) is 24.8 Å². The first-order valence-electron chi connectivity index (χ1n) is 7.40. The Morgan fingerprint density at radius 1 is 1.42 bits per heavy atom. The van der Waals surface area contributed by atoms with E-state index in [1.54, 1.807) is 13.0 Å². The molecule has 2 rings (SSSR count). The van der Waals surface area contributed by atoms with E-state index in [9.17, 15) is 9.50 Å². The standard InChI is InChI=1S/C17H25FO/c1-12(2)9-14-5-4-8-17(19,11-14)15-6-7-16(18)13(3)10-15/h6-7,10,12,14,19H,4-5,8-9,11H2,1-3H3. The van der Waals surface area contributed by atoms with Gasteiger partial charge in [-0.05, 0) is 61.6 Å². The van der Waals surface area contributed by atoms with Crippen molar-refractivity contribution in [1.29, 1.82) is 0 Å². The van der Waals surface area contributed by atoms with Gasteiger partial charge < -0.3 is 5.11 Å². The van der Waals surface area contributed by atoms with Crippen LogP contribution in [0.25, 0.3) is 0 Å². The normalized spacial score (nSPS) is 27.8.